The second kappa shape index (κ2) is 14.4. The van der Waals surface area contributed by atoms with E-state index in [0.29, 0.717) is 37.9 Å². The third-order valence-electron chi connectivity index (χ3n) is 6.64. The quantitative estimate of drug-likeness (QED) is 0.279. The average molecular weight is 615 g/mol. The smallest absolute Gasteiger partial charge is 0.415 e. The maximum Gasteiger partial charge on any atom is 0.415 e. The maximum atomic E-state index is 13.5. The number of aromatic nitrogens is 2. The molecule has 1 atom stereocenters. The lowest BCUT2D eigenvalue weighted by molar-refractivity contribution is -0.155. The molecule has 2 heterocycles. The van der Waals surface area contributed by atoms with Crippen molar-refractivity contribution in [1.82, 2.24) is 14.9 Å². The summed E-state index contributed by atoms with van der Waals surface area (Å²) >= 11 is 0. The summed E-state index contributed by atoms with van der Waals surface area (Å²) in [5, 5.41) is 3.14. The molecule has 0 spiro atoms. The number of carbonyl (C=O) groups is 2. The molecule has 0 bridgehead atoms. The van der Waals surface area contributed by atoms with Gasteiger partial charge in [-0.1, -0.05) is 18.1 Å². The van der Waals surface area contributed by atoms with Crippen LogP contribution in [0.3, 0.4) is 0 Å². The second-order valence-corrected chi connectivity index (χ2v) is 13.1. The van der Waals surface area contributed by atoms with Gasteiger partial charge in [0.2, 0.25) is 16.0 Å². The Morgan fingerprint density at radius 1 is 1.14 bits per heavy atom. The van der Waals surface area contributed by atoms with Gasteiger partial charge in [-0.25, -0.2) is 23.0 Å². The number of amides is 1. The van der Waals surface area contributed by atoms with E-state index in [1.807, 2.05) is 18.7 Å². The van der Waals surface area contributed by atoms with Gasteiger partial charge in [0, 0.05) is 32.6 Å². The lowest BCUT2D eigenvalue weighted by Gasteiger charge is -2.28. The maximum absolute atomic E-state index is 13.5. The minimum absolute atomic E-state index is 0.106. The normalized spacial score (nSPS) is 14.0. The Hall–Kier alpha value is -4.05. The summed E-state index contributed by atoms with van der Waals surface area (Å²) in [6, 6.07) is 5.89. The first-order chi connectivity index (χ1) is 20.2. The molecule has 1 N–H and O–H groups in total. The van der Waals surface area contributed by atoms with Crippen molar-refractivity contribution in [2.75, 3.05) is 53.5 Å². The van der Waals surface area contributed by atoms with Gasteiger partial charge in [-0.3, -0.25) is 4.31 Å². The van der Waals surface area contributed by atoms with E-state index < -0.39 is 27.6 Å². The zero-order valence-corrected chi connectivity index (χ0v) is 26.6. The highest BCUT2D eigenvalue weighted by Crippen LogP contribution is 2.29. The van der Waals surface area contributed by atoms with E-state index in [1.165, 1.54) is 6.20 Å². The molecule has 43 heavy (non-hydrogen) atoms. The molecule has 12 nitrogen and oxygen atoms in total. The van der Waals surface area contributed by atoms with Gasteiger partial charge in [0.15, 0.2) is 5.82 Å². The van der Waals surface area contributed by atoms with Crippen LogP contribution < -0.4 is 19.3 Å². The Bertz CT molecular complexity index is 1410. The van der Waals surface area contributed by atoms with Gasteiger partial charge in [-0.15, -0.1) is 6.42 Å². The molecule has 1 aliphatic heterocycles. The van der Waals surface area contributed by atoms with Crippen LogP contribution in [0.5, 0.6) is 5.75 Å². The number of nitrogens with one attached hydrogen (secondary N) is 1. The lowest BCUT2D eigenvalue weighted by Crippen LogP contribution is -2.39. The van der Waals surface area contributed by atoms with Crippen LogP contribution >= 0.6 is 0 Å². The number of hydrogen-bond acceptors (Lipinski definition) is 10. The van der Waals surface area contributed by atoms with Crippen molar-refractivity contribution in [2.24, 2.45) is 0 Å². The Morgan fingerprint density at radius 3 is 2.30 bits per heavy atom. The van der Waals surface area contributed by atoms with Gasteiger partial charge in [-0.05, 0) is 65.2 Å². The van der Waals surface area contributed by atoms with Crippen LogP contribution in [0, 0.1) is 12.3 Å². The number of benzene rings is 1. The summed E-state index contributed by atoms with van der Waals surface area (Å²) < 4.78 is 37.6. The molecule has 13 heteroatoms. The predicted molar refractivity (Wildman–Crippen MR) is 167 cm³/mol. The van der Waals surface area contributed by atoms with Crippen molar-refractivity contribution >= 4 is 39.5 Å². The third kappa shape index (κ3) is 9.47. The Morgan fingerprint density at radius 2 is 1.77 bits per heavy atom. The standard InChI is InChI=1S/C30H42N6O6S/c1-8-17-36(43(7,39)40)25-21-31-28(34(9-2)10-3)33-26(25)32-24(27(37)42-30(4,5)6)20-22-13-15-23(16-14-22)41-29(38)35-18-11-12-19-35/h1,13-16,21,24H,9-12,17-20H2,2-7H3,(H,31,32,33)/t24-/m0/s1. The summed E-state index contributed by atoms with van der Waals surface area (Å²) in [5.74, 6) is 2.67. The van der Waals surface area contributed by atoms with Crippen molar-refractivity contribution in [3.63, 3.8) is 0 Å². The van der Waals surface area contributed by atoms with Crippen molar-refractivity contribution in [2.45, 2.75) is 65.5 Å². The van der Waals surface area contributed by atoms with Gasteiger partial charge < -0.3 is 24.6 Å². The van der Waals surface area contributed by atoms with Crippen LogP contribution in [0.15, 0.2) is 30.5 Å². The monoisotopic (exact) mass is 614 g/mol. The molecule has 0 radical (unpaired) electrons. The zero-order valence-electron chi connectivity index (χ0n) is 25.8. The van der Waals surface area contributed by atoms with Gasteiger partial charge in [0.1, 0.15) is 23.1 Å². The first-order valence-electron chi connectivity index (χ1n) is 14.3. The Balaban J connectivity index is 1.97. The molecule has 0 aliphatic carbocycles. The number of sulfonamides is 1. The van der Waals surface area contributed by atoms with E-state index in [9.17, 15) is 18.0 Å². The zero-order chi connectivity index (χ0) is 31.8. The van der Waals surface area contributed by atoms with Crippen LogP contribution in [-0.2, 0) is 26.0 Å². The molecule has 234 valence electrons. The van der Waals surface area contributed by atoms with Gasteiger partial charge in [0.25, 0.3) is 0 Å². The van der Waals surface area contributed by atoms with Crippen molar-refractivity contribution in [1.29, 1.82) is 0 Å². The Labute approximate surface area is 254 Å². The molecule has 2 aromatic rings. The molecule has 1 saturated heterocycles. The van der Waals surface area contributed by atoms with E-state index in [1.54, 1.807) is 49.9 Å². The molecule has 1 aromatic carbocycles. The van der Waals surface area contributed by atoms with E-state index in [2.05, 4.69) is 21.2 Å². The number of nitrogens with zero attached hydrogens (tertiary/aromatic N) is 5. The highest BCUT2D eigenvalue weighted by atomic mass is 32.2. The number of carbonyl (C=O) groups excluding carboxylic acids is 2. The number of rotatable bonds is 12. The van der Waals surface area contributed by atoms with Gasteiger partial charge in [0.05, 0.1) is 19.0 Å². The second-order valence-electron chi connectivity index (χ2n) is 11.2. The molecule has 1 amide bonds. The number of anilines is 3. The molecule has 0 unspecified atom stereocenters. The summed E-state index contributed by atoms with van der Waals surface area (Å²) in [5.41, 5.74) is 0.0648. The van der Waals surface area contributed by atoms with Crippen molar-refractivity contribution in [3.05, 3.63) is 36.0 Å². The molecule has 1 fully saturated rings. The van der Waals surface area contributed by atoms with E-state index in [-0.39, 0.29) is 30.6 Å². The number of hydrogen-bond donors (Lipinski definition) is 1. The predicted octanol–water partition coefficient (Wildman–Crippen LogP) is 3.68. The SMILES string of the molecule is C#CCN(c1cnc(N(CC)CC)nc1N[C@@H](Cc1ccc(OC(=O)N2CCCC2)cc1)C(=O)OC(C)(C)C)S(C)(=O)=O. The summed E-state index contributed by atoms with van der Waals surface area (Å²) in [6.45, 7) is 11.5. The van der Waals surface area contributed by atoms with E-state index in [4.69, 9.17) is 15.9 Å². The van der Waals surface area contributed by atoms with Crippen LogP contribution in [0.25, 0.3) is 0 Å². The number of terminal acetylenes is 1. The molecule has 3 rings (SSSR count). The first kappa shape index (κ1) is 33.5. The minimum atomic E-state index is -3.82. The lowest BCUT2D eigenvalue weighted by atomic mass is 10.0. The molecule has 1 aliphatic rings. The summed E-state index contributed by atoms with van der Waals surface area (Å²) in [6.07, 6.45) is 9.62. The Kier molecular flexibility index (Phi) is 11.2. The largest absolute Gasteiger partial charge is 0.458 e. The van der Waals surface area contributed by atoms with Crippen LogP contribution in [0.4, 0.5) is 22.2 Å². The van der Waals surface area contributed by atoms with Crippen LogP contribution in [0.2, 0.25) is 0 Å². The highest BCUT2D eigenvalue weighted by Gasteiger charge is 2.30. The van der Waals surface area contributed by atoms with Crippen LogP contribution in [-0.4, -0.2) is 86.0 Å². The number of esters is 1. The van der Waals surface area contributed by atoms with Crippen LogP contribution in [0.1, 0.15) is 53.0 Å². The molecule has 1 aromatic heterocycles. The molecular formula is C30H42N6O6S. The first-order valence-corrected chi connectivity index (χ1v) is 16.2. The number of likely N-dealkylation sites (tertiary alicyclic amines) is 1. The minimum Gasteiger partial charge on any atom is -0.458 e. The fraction of sp³-hybridized carbons (Fsp3) is 0.533. The van der Waals surface area contributed by atoms with Gasteiger partial charge in [-0.2, -0.15) is 4.98 Å². The van der Waals surface area contributed by atoms with Crippen molar-refractivity contribution in [3.8, 4) is 18.1 Å². The fourth-order valence-corrected chi connectivity index (χ4v) is 5.30. The summed E-state index contributed by atoms with van der Waals surface area (Å²) in [7, 11) is -3.82. The van der Waals surface area contributed by atoms with E-state index >= 15 is 0 Å². The number of ether oxygens (including phenoxy) is 2. The molecular weight excluding hydrogens is 572 g/mol. The highest BCUT2D eigenvalue weighted by molar-refractivity contribution is 7.92. The van der Waals surface area contributed by atoms with Gasteiger partial charge >= 0.3 is 12.1 Å². The fourth-order valence-electron chi connectivity index (χ4n) is 4.50. The van der Waals surface area contributed by atoms with Crippen molar-refractivity contribution < 1.29 is 27.5 Å². The third-order valence-corrected chi connectivity index (χ3v) is 7.77. The van der Waals surface area contributed by atoms with E-state index in [0.717, 1.165) is 29.0 Å². The topological polar surface area (TPSA) is 134 Å². The molecule has 0 saturated carbocycles. The average Bonchev–Trinajstić information content (AvgIpc) is 3.47. The summed E-state index contributed by atoms with van der Waals surface area (Å²) in [4.78, 5) is 38.5.